The Bertz CT molecular complexity index is 479. The van der Waals surface area contributed by atoms with Crippen molar-refractivity contribution in [1.82, 2.24) is 4.98 Å². The van der Waals surface area contributed by atoms with Gasteiger partial charge in [0.25, 0.3) is 0 Å². The predicted molar refractivity (Wildman–Crippen MR) is 58.4 cm³/mol. The van der Waals surface area contributed by atoms with Crippen LogP contribution in [-0.4, -0.2) is 29.5 Å². The number of hydrogen-bond acceptors (Lipinski definition) is 4. The van der Waals surface area contributed by atoms with Crippen molar-refractivity contribution in [2.45, 2.75) is 18.7 Å². The first kappa shape index (κ1) is 15.4. The molecule has 1 rings (SSSR count). The summed E-state index contributed by atoms with van der Waals surface area (Å²) in [4.78, 5) is 14.3. The molecule has 1 N–H and O–H groups in total. The summed E-state index contributed by atoms with van der Waals surface area (Å²) >= 11 is 5.52. The average molecular weight is 300 g/mol. The zero-order valence-electron chi connectivity index (χ0n) is 9.62. The van der Waals surface area contributed by atoms with Crippen LogP contribution in [0.2, 0.25) is 0 Å². The Morgan fingerprint density at radius 1 is 1.53 bits per heavy atom. The predicted octanol–water partition coefficient (Wildman–Crippen LogP) is 2.35. The Labute approximate surface area is 110 Å². The van der Waals surface area contributed by atoms with E-state index in [4.69, 9.17) is 21.4 Å². The zero-order valence-corrected chi connectivity index (χ0v) is 10.4. The highest BCUT2D eigenvalue weighted by molar-refractivity contribution is 6.16. The van der Waals surface area contributed by atoms with E-state index in [1.165, 1.54) is 0 Å². The molecular formula is C10H9ClF3NO4. The molecule has 0 saturated heterocycles. The number of rotatable bonds is 5. The third-order valence-electron chi connectivity index (χ3n) is 1.96. The van der Waals surface area contributed by atoms with E-state index in [0.29, 0.717) is 0 Å². The number of pyridine rings is 1. The lowest BCUT2D eigenvalue weighted by atomic mass is 10.2. The van der Waals surface area contributed by atoms with Gasteiger partial charge in [-0.2, -0.15) is 0 Å². The third kappa shape index (κ3) is 4.47. The highest BCUT2D eigenvalue weighted by atomic mass is 35.5. The van der Waals surface area contributed by atoms with Gasteiger partial charge >= 0.3 is 12.3 Å². The molecule has 0 aliphatic carbocycles. The van der Waals surface area contributed by atoms with Crippen molar-refractivity contribution >= 4 is 17.6 Å². The third-order valence-corrected chi connectivity index (χ3v) is 2.23. The lowest BCUT2D eigenvalue weighted by Gasteiger charge is -2.16. The van der Waals surface area contributed by atoms with Crippen LogP contribution < -0.4 is 9.47 Å². The van der Waals surface area contributed by atoms with Crippen LogP contribution in [0.4, 0.5) is 13.2 Å². The highest BCUT2D eigenvalue weighted by Crippen LogP contribution is 2.35. The van der Waals surface area contributed by atoms with Crippen molar-refractivity contribution in [2.24, 2.45) is 0 Å². The summed E-state index contributed by atoms with van der Waals surface area (Å²) in [6, 6.07) is 1.15. The van der Waals surface area contributed by atoms with E-state index >= 15 is 0 Å². The summed E-state index contributed by atoms with van der Waals surface area (Å²) in [6.45, 7) is 0. The van der Waals surface area contributed by atoms with Crippen LogP contribution in [0, 0.1) is 0 Å². The molecule has 0 aromatic carbocycles. The maximum Gasteiger partial charge on any atom is 0.573 e. The number of alkyl halides is 4. The van der Waals surface area contributed by atoms with E-state index < -0.39 is 30.2 Å². The first-order valence-electron chi connectivity index (χ1n) is 4.87. The number of carbonyl (C=O) groups is 1. The van der Waals surface area contributed by atoms with Gasteiger partial charge in [0.15, 0.2) is 11.5 Å². The van der Waals surface area contributed by atoms with Crippen LogP contribution in [-0.2, 0) is 17.1 Å². The number of methoxy groups -OCH3 is 1. The fourth-order valence-corrected chi connectivity index (χ4v) is 1.46. The van der Waals surface area contributed by atoms with Gasteiger partial charge in [-0.05, 0) is 0 Å². The number of carboxylic acids is 1. The van der Waals surface area contributed by atoms with Crippen molar-refractivity contribution < 1.29 is 32.5 Å². The fraction of sp³-hybridized carbons (Fsp3) is 0.400. The van der Waals surface area contributed by atoms with Gasteiger partial charge in [-0.25, -0.2) is 0 Å². The molecule has 1 heterocycles. The molecule has 0 bridgehead atoms. The maximum absolute atomic E-state index is 12.3. The first-order chi connectivity index (χ1) is 8.76. The minimum Gasteiger partial charge on any atom is -0.493 e. The monoisotopic (exact) mass is 299 g/mol. The van der Waals surface area contributed by atoms with Crippen molar-refractivity contribution in [3.63, 3.8) is 0 Å². The van der Waals surface area contributed by atoms with E-state index in [-0.39, 0.29) is 17.3 Å². The summed E-state index contributed by atoms with van der Waals surface area (Å²) < 4.78 is 45.3. The standard InChI is InChI=1S/C10H9ClF3NO4/c1-18-7-2-5(4-11)15-6(3-8(16)17)9(7)19-10(12,13)14/h2H,3-4H2,1H3,(H,16,17). The van der Waals surface area contributed by atoms with Gasteiger partial charge in [-0.3, -0.25) is 9.78 Å². The molecule has 19 heavy (non-hydrogen) atoms. The minimum absolute atomic E-state index is 0.102. The largest absolute Gasteiger partial charge is 0.573 e. The van der Waals surface area contributed by atoms with Crippen LogP contribution >= 0.6 is 11.6 Å². The van der Waals surface area contributed by atoms with Crippen LogP contribution in [0.5, 0.6) is 11.5 Å². The number of nitrogens with zero attached hydrogens (tertiary/aromatic N) is 1. The number of ether oxygens (including phenoxy) is 2. The van der Waals surface area contributed by atoms with Crippen LogP contribution in [0.15, 0.2) is 6.07 Å². The van der Waals surface area contributed by atoms with Gasteiger partial charge in [-0.15, -0.1) is 24.8 Å². The van der Waals surface area contributed by atoms with Crippen molar-refractivity contribution in [3.05, 3.63) is 17.5 Å². The molecule has 1 aromatic rings. The highest BCUT2D eigenvalue weighted by Gasteiger charge is 2.34. The van der Waals surface area contributed by atoms with Gasteiger partial charge in [-0.1, -0.05) is 0 Å². The lowest BCUT2D eigenvalue weighted by Crippen LogP contribution is -2.20. The number of aliphatic carboxylic acids is 1. The molecule has 0 radical (unpaired) electrons. The second kappa shape index (κ2) is 5.96. The Morgan fingerprint density at radius 2 is 2.16 bits per heavy atom. The number of carboxylic acid groups (broad SMARTS) is 1. The summed E-state index contributed by atoms with van der Waals surface area (Å²) in [5.41, 5.74) is -0.218. The molecule has 1 aromatic heterocycles. The van der Waals surface area contributed by atoms with Gasteiger partial charge in [0.1, 0.15) is 0 Å². The molecular weight excluding hydrogens is 291 g/mol. The van der Waals surface area contributed by atoms with E-state index in [2.05, 4.69) is 9.72 Å². The van der Waals surface area contributed by atoms with Crippen molar-refractivity contribution in [3.8, 4) is 11.5 Å². The van der Waals surface area contributed by atoms with Crippen molar-refractivity contribution in [2.75, 3.05) is 7.11 Å². The summed E-state index contributed by atoms with van der Waals surface area (Å²) in [7, 11) is 1.13. The molecule has 5 nitrogen and oxygen atoms in total. The SMILES string of the molecule is COc1cc(CCl)nc(CC(=O)O)c1OC(F)(F)F. The van der Waals surface area contributed by atoms with E-state index in [1.54, 1.807) is 0 Å². The van der Waals surface area contributed by atoms with E-state index in [0.717, 1.165) is 13.2 Å². The molecule has 0 fully saturated rings. The van der Waals surface area contributed by atoms with E-state index in [1.807, 2.05) is 0 Å². The minimum atomic E-state index is -4.98. The smallest absolute Gasteiger partial charge is 0.493 e. The van der Waals surface area contributed by atoms with E-state index in [9.17, 15) is 18.0 Å². The normalized spacial score (nSPS) is 11.2. The second-order valence-corrected chi connectivity index (χ2v) is 3.61. The first-order valence-corrected chi connectivity index (χ1v) is 5.40. The van der Waals surface area contributed by atoms with Crippen LogP contribution in [0.25, 0.3) is 0 Å². The van der Waals surface area contributed by atoms with Gasteiger partial charge in [0, 0.05) is 6.07 Å². The Hall–Kier alpha value is -1.70. The van der Waals surface area contributed by atoms with Crippen molar-refractivity contribution in [1.29, 1.82) is 0 Å². The van der Waals surface area contributed by atoms with Crippen LogP contribution in [0.3, 0.4) is 0 Å². The number of hydrogen-bond donors (Lipinski definition) is 1. The summed E-state index contributed by atoms with van der Waals surface area (Å²) in [5, 5.41) is 8.67. The fourth-order valence-electron chi connectivity index (χ4n) is 1.32. The lowest BCUT2D eigenvalue weighted by molar-refractivity contribution is -0.275. The second-order valence-electron chi connectivity index (χ2n) is 3.34. The molecule has 0 atom stereocenters. The molecule has 0 aliphatic rings. The maximum atomic E-state index is 12.3. The number of aromatic nitrogens is 1. The quantitative estimate of drug-likeness (QED) is 0.845. The molecule has 0 saturated carbocycles. The topological polar surface area (TPSA) is 68.7 Å². The zero-order chi connectivity index (χ0) is 14.6. The Morgan fingerprint density at radius 3 is 2.58 bits per heavy atom. The molecule has 0 aliphatic heterocycles. The molecule has 106 valence electrons. The van der Waals surface area contributed by atoms with Gasteiger partial charge in [0.2, 0.25) is 0 Å². The Kier molecular flexibility index (Phi) is 4.82. The van der Waals surface area contributed by atoms with Crippen LogP contribution in [0.1, 0.15) is 11.4 Å². The molecule has 0 spiro atoms. The van der Waals surface area contributed by atoms with Gasteiger partial charge in [0.05, 0.1) is 30.8 Å². The molecule has 9 heteroatoms. The Balaban J connectivity index is 3.32. The molecule has 0 amide bonds. The van der Waals surface area contributed by atoms with Gasteiger partial charge < -0.3 is 14.6 Å². The summed E-state index contributed by atoms with van der Waals surface area (Å²) in [6.07, 6.45) is -5.73. The molecule has 0 unspecified atom stereocenters. The number of halogens is 4. The average Bonchev–Trinajstić information content (AvgIpc) is 2.28. The summed E-state index contributed by atoms with van der Waals surface area (Å²) in [5.74, 6) is -2.51.